The molecule has 7 heteroatoms. The number of benzene rings is 2. The Morgan fingerprint density at radius 3 is 2.56 bits per heavy atom. The Labute approximate surface area is 202 Å². The van der Waals surface area contributed by atoms with E-state index in [0.717, 1.165) is 24.0 Å². The summed E-state index contributed by atoms with van der Waals surface area (Å²) in [4.78, 5) is 30.6. The van der Waals surface area contributed by atoms with E-state index in [1.807, 2.05) is 62.4 Å². The Hall–Kier alpha value is -3.45. The highest BCUT2D eigenvalue weighted by Gasteiger charge is 2.15. The van der Waals surface area contributed by atoms with Crippen LogP contribution in [0.3, 0.4) is 0 Å². The molecule has 4 aromatic rings. The monoisotopic (exact) mass is 476 g/mol. The van der Waals surface area contributed by atoms with Crippen LogP contribution in [0, 0.1) is 6.92 Å². The van der Waals surface area contributed by atoms with Gasteiger partial charge in [-0.25, -0.2) is 0 Å². The third kappa shape index (κ3) is 5.04. The number of ether oxygens (including phenoxy) is 2. The van der Waals surface area contributed by atoms with Crippen molar-refractivity contribution >= 4 is 22.4 Å². The molecule has 0 unspecified atom stereocenters. The number of hydrogen-bond donors (Lipinski definition) is 0. The molecule has 2 heterocycles. The van der Waals surface area contributed by atoms with Gasteiger partial charge in [-0.15, -0.1) is 0 Å². The first-order valence-corrected chi connectivity index (χ1v) is 12.3. The molecule has 2 aromatic carbocycles. The van der Waals surface area contributed by atoms with Gasteiger partial charge in [-0.05, 0) is 49.6 Å². The molecule has 34 heavy (non-hydrogen) atoms. The van der Waals surface area contributed by atoms with Gasteiger partial charge in [0, 0.05) is 17.7 Å². The van der Waals surface area contributed by atoms with Crippen LogP contribution in [0.5, 0.6) is 11.5 Å². The molecule has 0 saturated heterocycles. The molecule has 0 saturated carbocycles. The van der Waals surface area contributed by atoms with Gasteiger partial charge < -0.3 is 9.47 Å². The largest absolute Gasteiger partial charge is 0.490 e. The SMILES string of the molecule is CCCCOc1ccc(C=c2sc3nc(=O)c(Cc4ccccc4)c(C)n3c2=O)cc1OCC. The number of thiazole rings is 1. The van der Waals surface area contributed by atoms with Crippen molar-refractivity contribution in [3.63, 3.8) is 0 Å². The minimum Gasteiger partial charge on any atom is -0.490 e. The van der Waals surface area contributed by atoms with E-state index in [4.69, 9.17) is 9.47 Å². The van der Waals surface area contributed by atoms with Crippen molar-refractivity contribution in [3.05, 3.63) is 96.2 Å². The molecular weight excluding hydrogens is 448 g/mol. The van der Waals surface area contributed by atoms with Crippen LogP contribution in [0.25, 0.3) is 11.0 Å². The fourth-order valence-corrected chi connectivity index (χ4v) is 4.78. The summed E-state index contributed by atoms with van der Waals surface area (Å²) in [6.07, 6.45) is 4.27. The summed E-state index contributed by atoms with van der Waals surface area (Å²) in [7, 11) is 0. The van der Waals surface area contributed by atoms with Gasteiger partial charge in [-0.2, -0.15) is 4.98 Å². The van der Waals surface area contributed by atoms with Gasteiger partial charge in [0.2, 0.25) is 4.96 Å². The molecule has 2 aromatic heterocycles. The fraction of sp³-hybridized carbons (Fsp3) is 0.296. The summed E-state index contributed by atoms with van der Waals surface area (Å²) in [6.45, 7) is 6.99. The number of aromatic nitrogens is 2. The molecule has 0 aliphatic heterocycles. The lowest BCUT2D eigenvalue weighted by Crippen LogP contribution is -2.27. The maximum absolute atomic E-state index is 13.3. The van der Waals surface area contributed by atoms with E-state index < -0.39 is 0 Å². The highest BCUT2D eigenvalue weighted by Crippen LogP contribution is 2.29. The summed E-state index contributed by atoms with van der Waals surface area (Å²) in [5.41, 5.74) is 2.53. The van der Waals surface area contributed by atoms with Crippen LogP contribution in [-0.4, -0.2) is 22.6 Å². The van der Waals surface area contributed by atoms with Crippen LogP contribution in [-0.2, 0) is 6.42 Å². The highest BCUT2D eigenvalue weighted by molar-refractivity contribution is 7.15. The summed E-state index contributed by atoms with van der Waals surface area (Å²) in [5.74, 6) is 1.34. The molecule has 0 aliphatic rings. The summed E-state index contributed by atoms with van der Waals surface area (Å²) in [6, 6.07) is 15.4. The van der Waals surface area contributed by atoms with Crippen LogP contribution in [0.15, 0.2) is 58.1 Å². The Balaban J connectivity index is 1.75. The van der Waals surface area contributed by atoms with Crippen LogP contribution < -0.4 is 25.1 Å². The lowest BCUT2D eigenvalue weighted by atomic mass is 10.1. The predicted molar refractivity (Wildman–Crippen MR) is 136 cm³/mol. The first-order valence-electron chi connectivity index (χ1n) is 11.5. The van der Waals surface area contributed by atoms with Gasteiger partial charge in [-0.1, -0.05) is 61.1 Å². The van der Waals surface area contributed by atoms with Crippen molar-refractivity contribution in [2.75, 3.05) is 13.2 Å². The smallest absolute Gasteiger partial charge is 0.277 e. The molecule has 176 valence electrons. The van der Waals surface area contributed by atoms with E-state index >= 15 is 0 Å². The normalized spacial score (nSPS) is 11.8. The number of aryl methyl sites for hydroxylation is 1. The molecule has 0 atom stereocenters. The topological polar surface area (TPSA) is 69.9 Å². The quantitative estimate of drug-likeness (QED) is 0.340. The summed E-state index contributed by atoms with van der Waals surface area (Å²) >= 11 is 1.21. The zero-order valence-corrected chi connectivity index (χ0v) is 20.5. The Bertz CT molecular complexity index is 1460. The molecular formula is C27H28N2O4S. The van der Waals surface area contributed by atoms with Crippen LogP contribution in [0.2, 0.25) is 0 Å². The van der Waals surface area contributed by atoms with Gasteiger partial charge in [0.05, 0.1) is 17.7 Å². The fourth-order valence-electron chi connectivity index (χ4n) is 3.77. The van der Waals surface area contributed by atoms with E-state index in [0.29, 0.717) is 51.9 Å². The van der Waals surface area contributed by atoms with Gasteiger partial charge in [0.1, 0.15) is 0 Å². The zero-order chi connectivity index (χ0) is 24.1. The molecule has 0 spiro atoms. The second-order valence-electron chi connectivity index (χ2n) is 8.02. The maximum atomic E-state index is 13.3. The minimum atomic E-state index is -0.290. The van der Waals surface area contributed by atoms with E-state index in [2.05, 4.69) is 11.9 Å². The van der Waals surface area contributed by atoms with E-state index in [1.165, 1.54) is 11.3 Å². The molecule has 0 N–H and O–H groups in total. The second-order valence-corrected chi connectivity index (χ2v) is 9.03. The van der Waals surface area contributed by atoms with Gasteiger partial charge >= 0.3 is 0 Å². The van der Waals surface area contributed by atoms with E-state index in [1.54, 1.807) is 10.5 Å². The number of nitrogens with zero attached hydrogens (tertiary/aromatic N) is 2. The molecule has 6 nitrogen and oxygen atoms in total. The standard InChI is InChI=1S/C27H28N2O4S/c1-4-6-14-33-22-13-12-20(16-23(22)32-5-2)17-24-26(31)29-18(3)21(25(30)28-27(29)34-24)15-19-10-8-7-9-11-19/h7-13,16-17H,4-6,14-15H2,1-3H3. The summed E-state index contributed by atoms with van der Waals surface area (Å²) in [5, 5.41) is 0. The lowest BCUT2D eigenvalue weighted by Gasteiger charge is -2.12. The molecule has 0 amide bonds. The predicted octanol–water partition coefficient (Wildman–Crippen LogP) is 4.14. The van der Waals surface area contributed by atoms with Crippen LogP contribution in [0.4, 0.5) is 0 Å². The van der Waals surface area contributed by atoms with Crippen molar-refractivity contribution < 1.29 is 9.47 Å². The van der Waals surface area contributed by atoms with Crippen molar-refractivity contribution in [2.24, 2.45) is 0 Å². The van der Waals surface area contributed by atoms with E-state index in [-0.39, 0.29) is 11.1 Å². The zero-order valence-electron chi connectivity index (χ0n) is 19.7. The van der Waals surface area contributed by atoms with Crippen LogP contribution >= 0.6 is 11.3 Å². The van der Waals surface area contributed by atoms with Gasteiger partial charge in [-0.3, -0.25) is 14.0 Å². The summed E-state index contributed by atoms with van der Waals surface area (Å²) < 4.78 is 13.7. The molecule has 0 aliphatic carbocycles. The first-order chi connectivity index (χ1) is 16.5. The van der Waals surface area contributed by atoms with Crippen molar-refractivity contribution in [3.8, 4) is 11.5 Å². The number of fused-ring (bicyclic) bond motifs is 1. The Morgan fingerprint density at radius 1 is 1.03 bits per heavy atom. The lowest BCUT2D eigenvalue weighted by molar-refractivity contribution is 0.272. The average Bonchev–Trinajstić information content (AvgIpc) is 3.13. The number of hydrogen-bond acceptors (Lipinski definition) is 6. The molecule has 0 radical (unpaired) electrons. The Kier molecular flexibility index (Phi) is 7.43. The minimum absolute atomic E-state index is 0.180. The number of rotatable bonds is 9. The second kappa shape index (κ2) is 10.7. The number of unbranched alkanes of at least 4 members (excludes halogenated alkanes) is 1. The molecule has 0 fully saturated rings. The first kappa shape index (κ1) is 23.7. The Morgan fingerprint density at radius 2 is 1.82 bits per heavy atom. The average molecular weight is 477 g/mol. The third-order valence-electron chi connectivity index (χ3n) is 5.58. The molecule has 4 rings (SSSR count). The van der Waals surface area contributed by atoms with Gasteiger partial charge in [0.25, 0.3) is 11.1 Å². The van der Waals surface area contributed by atoms with Crippen molar-refractivity contribution in [1.29, 1.82) is 0 Å². The van der Waals surface area contributed by atoms with Crippen molar-refractivity contribution in [2.45, 2.75) is 40.0 Å². The van der Waals surface area contributed by atoms with Crippen LogP contribution in [0.1, 0.15) is 49.1 Å². The van der Waals surface area contributed by atoms with E-state index in [9.17, 15) is 9.59 Å². The molecule has 0 bridgehead atoms. The van der Waals surface area contributed by atoms with Crippen molar-refractivity contribution in [1.82, 2.24) is 9.38 Å². The maximum Gasteiger partial charge on any atom is 0.277 e. The third-order valence-corrected chi connectivity index (χ3v) is 6.55. The van der Waals surface area contributed by atoms with Gasteiger partial charge in [0.15, 0.2) is 11.5 Å². The highest BCUT2D eigenvalue weighted by atomic mass is 32.1.